The topological polar surface area (TPSA) is 29.1 Å². The lowest BCUT2D eigenvalue weighted by atomic mass is 9.51. The zero-order chi connectivity index (χ0) is 15.0. The maximum absolute atomic E-state index is 12.7. The lowest BCUT2D eigenvalue weighted by Crippen LogP contribution is -2.51. The van der Waals surface area contributed by atoms with E-state index in [4.69, 9.17) is 11.6 Å². The SMILES string of the molecule is CC(C)(CCCCl)CNC(=O)C1C2CC3CC(C2)CC1C3. The van der Waals surface area contributed by atoms with E-state index < -0.39 is 0 Å². The summed E-state index contributed by atoms with van der Waals surface area (Å²) in [6.07, 6.45) is 8.84. The van der Waals surface area contributed by atoms with E-state index in [1.807, 2.05) is 0 Å². The molecule has 0 aliphatic heterocycles. The molecule has 0 heterocycles. The molecule has 1 amide bonds. The van der Waals surface area contributed by atoms with Crippen molar-refractivity contribution < 1.29 is 4.79 Å². The van der Waals surface area contributed by atoms with E-state index in [1.165, 1.54) is 32.1 Å². The number of hydrogen-bond donors (Lipinski definition) is 1. The third-order valence-electron chi connectivity index (χ3n) is 6.26. The van der Waals surface area contributed by atoms with E-state index in [0.717, 1.165) is 31.2 Å². The highest BCUT2D eigenvalue weighted by molar-refractivity contribution is 6.17. The van der Waals surface area contributed by atoms with Crippen LogP contribution in [-0.2, 0) is 4.79 Å². The molecule has 0 atom stereocenters. The smallest absolute Gasteiger partial charge is 0.223 e. The minimum Gasteiger partial charge on any atom is -0.355 e. The van der Waals surface area contributed by atoms with Crippen LogP contribution >= 0.6 is 11.6 Å². The maximum atomic E-state index is 12.7. The minimum atomic E-state index is 0.163. The summed E-state index contributed by atoms with van der Waals surface area (Å²) in [5.74, 6) is 4.64. The number of rotatable bonds is 6. The predicted octanol–water partition coefficient (Wildman–Crippen LogP) is 4.22. The molecule has 0 radical (unpaired) electrons. The van der Waals surface area contributed by atoms with E-state index in [0.29, 0.717) is 29.5 Å². The van der Waals surface area contributed by atoms with Gasteiger partial charge in [-0.1, -0.05) is 13.8 Å². The second-order valence-corrected chi connectivity index (χ2v) is 9.01. The number of amides is 1. The van der Waals surface area contributed by atoms with E-state index in [1.54, 1.807) is 0 Å². The van der Waals surface area contributed by atoms with Gasteiger partial charge in [0.15, 0.2) is 0 Å². The lowest BCUT2D eigenvalue weighted by molar-refractivity contribution is -0.138. The molecule has 4 fully saturated rings. The Balaban J connectivity index is 1.54. The molecule has 120 valence electrons. The number of carbonyl (C=O) groups is 1. The Labute approximate surface area is 134 Å². The van der Waals surface area contributed by atoms with Crippen LogP contribution in [0.1, 0.15) is 58.8 Å². The van der Waals surface area contributed by atoms with Crippen molar-refractivity contribution >= 4 is 17.5 Å². The summed E-state index contributed by atoms with van der Waals surface area (Å²) in [4.78, 5) is 12.7. The average Bonchev–Trinajstić information content (AvgIpc) is 2.42. The van der Waals surface area contributed by atoms with Crippen molar-refractivity contribution in [3.63, 3.8) is 0 Å². The molecule has 1 N–H and O–H groups in total. The molecule has 0 unspecified atom stereocenters. The van der Waals surface area contributed by atoms with E-state index in [9.17, 15) is 4.79 Å². The van der Waals surface area contributed by atoms with Crippen LogP contribution in [0.2, 0.25) is 0 Å². The number of nitrogens with one attached hydrogen (secondary N) is 1. The highest BCUT2D eigenvalue weighted by Crippen LogP contribution is 2.56. The van der Waals surface area contributed by atoms with Crippen LogP contribution in [0, 0.1) is 35.0 Å². The summed E-state index contributed by atoms with van der Waals surface area (Å²) in [5.41, 5.74) is 0.163. The summed E-state index contributed by atoms with van der Waals surface area (Å²) in [5, 5.41) is 3.28. The van der Waals surface area contributed by atoms with Gasteiger partial charge in [-0.15, -0.1) is 11.6 Å². The Morgan fingerprint density at radius 1 is 1.10 bits per heavy atom. The molecule has 2 nitrogen and oxygen atoms in total. The Morgan fingerprint density at radius 2 is 1.67 bits per heavy atom. The van der Waals surface area contributed by atoms with Crippen molar-refractivity contribution in [3.8, 4) is 0 Å². The van der Waals surface area contributed by atoms with Crippen LogP contribution in [0.15, 0.2) is 0 Å². The van der Waals surface area contributed by atoms with Crippen LogP contribution in [0.25, 0.3) is 0 Å². The first-order chi connectivity index (χ1) is 9.98. The molecule has 0 saturated heterocycles. The highest BCUT2D eigenvalue weighted by atomic mass is 35.5. The van der Waals surface area contributed by atoms with Crippen LogP contribution in [0.4, 0.5) is 0 Å². The fourth-order valence-electron chi connectivity index (χ4n) is 5.43. The fraction of sp³-hybridized carbons (Fsp3) is 0.944. The highest BCUT2D eigenvalue weighted by Gasteiger charge is 2.50. The Morgan fingerprint density at radius 3 is 2.19 bits per heavy atom. The largest absolute Gasteiger partial charge is 0.355 e. The second-order valence-electron chi connectivity index (χ2n) is 8.63. The standard InChI is InChI=1S/C18H30ClNO/c1-18(2,4-3-5-19)11-20-17(21)16-14-7-12-6-13(9-14)10-15(16)8-12/h12-16H,3-11H2,1-2H3,(H,20,21). The average molecular weight is 312 g/mol. The minimum absolute atomic E-state index is 0.163. The monoisotopic (exact) mass is 311 g/mol. The first-order valence-corrected chi connectivity index (χ1v) is 9.35. The maximum Gasteiger partial charge on any atom is 0.223 e. The van der Waals surface area contributed by atoms with Crippen molar-refractivity contribution in [3.05, 3.63) is 0 Å². The van der Waals surface area contributed by atoms with Gasteiger partial charge < -0.3 is 5.32 Å². The van der Waals surface area contributed by atoms with Crippen LogP contribution in [0.5, 0.6) is 0 Å². The summed E-state index contributed by atoms with van der Waals surface area (Å²) in [6, 6.07) is 0. The number of hydrogen-bond acceptors (Lipinski definition) is 1. The zero-order valence-corrected chi connectivity index (χ0v) is 14.3. The molecule has 4 aliphatic carbocycles. The number of halogens is 1. The second kappa shape index (κ2) is 6.10. The van der Waals surface area contributed by atoms with Gasteiger partial charge in [-0.05, 0) is 74.0 Å². The van der Waals surface area contributed by atoms with Crippen molar-refractivity contribution in [2.75, 3.05) is 12.4 Å². The van der Waals surface area contributed by atoms with Gasteiger partial charge in [0.25, 0.3) is 0 Å². The molecule has 0 aromatic carbocycles. The molecule has 4 aliphatic rings. The van der Waals surface area contributed by atoms with Crippen LogP contribution in [0.3, 0.4) is 0 Å². The molecular weight excluding hydrogens is 282 g/mol. The molecular formula is C18H30ClNO. The Bertz CT molecular complexity index is 365. The van der Waals surface area contributed by atoms with Crippen molar-refractivity contribution in [1.82, 2.24) is 5.32 Å². The molecule has 3 heteroatoms. The van der Waals surface area contributed by atoms with Crippen LogP contribution < -0.4 is 5.32 Å². The van der Waals surface area contributed by atoms with Gasteiger partial charge >= 0.3 is 0 Å². The quantitative estimate of drug-likeness (QED) is 0.731. The van der Waals surface area contributed by atoms with E-state index >= 15 is 0 Å². The number of alkyl halides is 1. The first kappa shape index (κ1) is 15.6. The van der Waals surface area contributed by atoms with Gasteiger partial charge in [0.1, 0.15) is 0 Å². The Hall–Kier alpha value is -0.240. The van der Waals surface area contributed by atoms with Crippen LogP contribution in [-0.4, -0.2) is 18.3 Å². The van der Waals surface area contributed by atoms with Crippen molar-refractivity contribution in [1.29, 1.82) is 0 Å². The molecule has 4 bridgehead atoms. The molecule has 0 aromatic rings. The third-order valence-corrected chi connectivity index (χ3v) is 6.53. The Kier molecular flexibility index (Phi) is 4.55. The summed E-state index contributed by atoms with van der Waals surface area (Å²) >= 11 is 5.79. The summed E-state index contributed by atoms with van der Waals surface area (Å²) in [7, 11) is 0. The molecule has 0 aromatic heterocycles. The van der Waals surface area contributed by atoms with E-state index in [2.05, 4.69) is 19.2 Å². The summed E-state index contributed by atoms with van der Waals surface area (Å²) < 4.78 is 0. The molecule has 4 saturated carbocycles. The van der Waals surface area contributed by atoms with Gasteiger partial charge in [-0.25, -0.2) is 0 Å². The van der Waals surface area contributed by atoms with Crippen molar-refractivity contribution in [2.24, 2.45) is 35.0 Å². The fourth-order valence-corrected chi connectivity index (χ4v) is 5.56. The van der Waals surface area contributed by atoms with Crippen molar-refractivity contribution in [2.45, 2.75) is 58.8 Å². The lowest BCUT2D eigenvalue weighted by Gasteiger charge is -2.53. The van der Waals surface area contributed by atoms with E-state index in [-0.39, 0.29) is 5.41 Å². The first-order valence-electron chi connectivity index (χ1n) is 8.82. The van der Waals surface area contributed by atoms with Gasteiger partial charge in [0.2, 0.25) is 5.91 Å². The van der Waals surface area contributed by atoms with Gasteiger partial charge in [-0.3, -0.25) is 4.79 Å². The summed E-state index contributed by atoms with van der Waals surface area (Å²) in [6.45, 7) is 5.26. The molecule has 0 spiro atoms. The van der Waals surface area contributed by atoms with Gasteiger partial charge in [0.05, 0.1) is 0 Å². The third kappa shape index (κ3) is 3.41. The predicted molar refractivity (Wildman–Crippen MR) is 87.3 cm³/mol. The zero-order valence-electron chi connectivity index (χ0n) is 13.5. The molecule has 21 heavy (non-hydrogen) atoms. The van der Waals surface area contributed by atoms with Gasteiger partial charge in [-0.2, -0.15) is 0 Å². The number of carbonyl (C=O) groups excluding carboxylic acids is 1. The normalized spacial score (nSPS) is 37.8. The molecule has 4 rings (SSSR count). The van der Waals surface area contributed by atoms with Gasteiger partial charge in [0, 0.05) is 18.3 Å².